The summed E-state index contributed by atoms with van der Waals surface area (Å²) in [6.07, 6.45) is 3.93. The molecule has 2 saturated heterocycles. The number of amides is 1. The van der Waals surface area contributed by atoms with Gasteiger partial charge in [0.25, 0.3) is 0 Å². The smallest absolute Gasteiger partial charge is 0.226 e. The van der Waals surface area contributed by atoms with Crippen molar-refractivity contribution in [3.05, 3.63) is 0 Å². The van der Waals surface area contributed by atoms with Crippen LogP contribution in [0.1, 0.15) is 32.6 Å². The second-order valence-corrected chi connectivity index (χ2v) is 5.44. The van der Waals surface area contributed by atoms with Gasteiger partial charge in [0.2, 0.25) is 5.91 Å². The Morgan fingerprint density at radius 2 is 2.06 bits per heavy atom. The lowest BCUT2D eigenvalue weighted by Gasteiger charge is -2.40. The SMILES string of the molecule is CC1CCN(C(=O)C2CCOCC2)C(CN)C1. The first-order chi connectivity index (χ1) is 8.22. The van der Waals surface area contributed by atoms with Crippen LogP contribution in [-0.2, 0) is 9.53 Å². The first kappa shape index (κ1) is 12.8. The van der Waals surface area contributed by atoms with E-state index in [0.29, 0.717) is 18.4 Å². The first-order valence-corrected chi connectivity index (χ1v) is 6.80. The Morgan fingerprint density at radius 1 is 1.35 bits per heavy atom. The van der Waals surface area contributed by atoms with Crippen LogP contribution in [0.5, 0.6) is 0 Å². The van der Waals surface area contributed by atoms with Gasteiger partial charge in [-0.05, 0) is 31.6 Å². The standard InChI is InChI=1S/C13H24N2O2/c1-10-2-5-15(12(8-10)9-14)13(16)11-3-6-17-7-4-11/h10-12H,2-9,14H2,1H3. The second kappa shape index (κ2) is 5.83. The van der Waals surface area contributed by atoms with Gasteiger partial charge in [0.1, 0.15) is 0 Å². The number of likely N-dealkylation sites (tertiary alicyclic amines) is 1. The molecule has 4 nitrogen and oxygen atoms in total. The fourth-order valence-corrected chi connectivity index (χ4v) is 2.94. The number of carbonyl (C=O) groups excluding carboxylic acids is 1. The Balaban J connectivity index is 1.96. The van der Waals surface area contributed by atoms with Gasteiger partial charge in [-0.15, -0.1) is 0 Å². The van der Waals surface area contributed by atoms with Gasteiger partial charge in [-0.2, -0.15) is 0 Å². The van der Waals surface area contributed by atoms with Crippen molar-refractivity contribution in [2.24, 2.45) is 17.6 Å². The molecule has 98 valence electrons. The van der Waals surface area contributed by atoms with Gasteiger partial charge in [0.15, 0.2) is 0 Å². The summed E-state index contributed by atoms with van der Waals surface area (Å²) in [7, 11) is 0. The molecule has 1 amide bonds. The molecule has 2 heterocycles. The van der Waals surface area contributed by atoms with Gasteiger partial charge < -0.3 is 15.4 Å². The molecule has 4 heteroatoms. The fraction of sp³-hybridized carbons (Fsp3) is 0.923. The summed E-state index contributed by atoms with van der Waals surface area (Å²) >= 11 is 0. The number of nitrogens with two attached hydrogens (primary N) is 1. The number of ether oxygens (including phenoxy) is 1. The van der Waals surface area contributed by atoms with Crippen LogP contribution < -0.4 is 5.73 Å². The van der Waals surface area contributed by atoms with Gasteiger partial charge in [-0.1, -0.05) is 6.92 Å². The largest absolute Gasteiger partial charge is 0.381 e. The molecule has 0 aromatic carbocycles. The maximum absolute atomic E-state index is 12.4. The molecule has 0 bridgehead atoms. The van der Waals surface area contributed by atoms with E-state index in [4.69, 9.17) is 10.5 Å². The van der Waals surface area contributed by atoms with E-state index in [-0.39, 0.29) is 12.0 Å². The summed E-state index contributed by atoms with van der Waals surface area (Å²) < 4.78 is 5.31. The second-order valence-electron chi connectivity index (χ2n) is 5.44. The lowest BCUT2D eigenvalue weighted by molar-refractivity contribution is -0.142. The van der Waals surface area contributed by atoms with Gasteiger partial charge in [-0.25, -0.2) is 0 Å². The van der Waals surface area contributed by atoms with E-state index in [1.165, 1.54) is 0 Å². The van der Waals surface area contributed by atoms with Crippen molar-refractivity contribution < 1.29 is 9.53 Å². The highest BCUT2D eigenvalue weighted by molar-refractivity contribution is 5.79. The number of hydrogen-bond donors (Lipinski definition) is 1. The van der Waals surface area contributed by atoms with Crippen molar-refractivity contribution in [2.75, 3.05) is 26.3 Å². The molecule has 0 radical (unpaired) electrons. The predicted molar refractivity (Wildman–Crippen MR) is 66.5 cm³/mol. The van der Waals surface area contributed by atoms with E-state index in [1.54, 1.807) is 0 Å². The Morgan fingerprint density at radius 3 is 2.71 bits per heavy atom. The summed E-state index contributed by atoms with van der Waals surface area (Å²) in [6.45, 7) is 5.19. The molecule has 17 heavy (non-hydrogen) atoms. The number of nitrogens with zero attached hydrogens (tertiary/aromatic N) is 1. The third-order valence-electron chi connectivity index (χ3n) is 4.10. The molecule has 0 aliphatic carbocycles. The summed E-state index contributed by atoms with van der Waals surface area (Å²) in [5.41, 5.74) is 5.80. The number of carbonyl (C=O) groups is 1. The first-order valence-electron chi connectivity index (χ1n) is 6.80. The van der Waals surface area contributed by atoms with E-state index in [0.717, 1.165) is 45.4 Å². The van der Waals surface area contributed by atoms with Crippen LogP contribution in [0.3, 0.4) is 0 Å². The van der Waals surface area contributed by atoms with Crippen LogP contribution in [0.4, 0.5) is 0 Å². The monoisotopic (exact) mass is 240 g/mol. The van der Waals surface area contributed by atoms with Crippen LogP contribution in [0.25, 0.3) is 0 Å². The lowest BCUT2D eigenvalue weighted by atomic mass is 9.90. The van der Waals surface area contributed by atoms with Crippen LogP contribution >= 0.6 is 0 Å². The van der Waals surface area contributed by atoms with E-state index in [9.17, 15) is 4.79 Å². The molecule has 0 saturated carbocycles. The maximum atomic E-state index is 12.4. The van der Waals surface area contributed by atoms with Crippen molar-refractivity contribution in [2.45, 2.75) is 38.6 Å². The van der Waals surface area contributed by atoms with Crippen molar-refractivity contribution >= 4 is 5.91 Å². The quantitative estimate of drug-likeness (QED) is 0.783. The minimum atomic E-state index is 0.172. The zero-order chi connectivity index (χ0) is 12.3. The zero-order valence-corrected chi connectivity index (χ0v) is 10.7. The molecular formula is C13H24N2O2. The van der Waals surface area contributed by atoms with Gasteiger partial charge in [0.05, 0.1) is 0 Å². The van der Waals surface area contributed by atoms with Crippen LogP contribution in [0.2, 0.25) is 0 Å². The van der Waals surface area contributed by atoms with Crippen molar-refractivity contribution in [3.8, 4) is 0 Å². The molecular weight excluding hydrogens is 216 g/mol. The molecule has 2 rings (SSSR count). The van der Waals surface area contributed by atoms with Crippen LogP contribution in [0.15, 0.2) is 0 Å². The Labute approximate surface area is 103 Å². The van der Waals surface area contributed by atoms with E-state index in [1.807, 2.05) is 4.90 Å². The van der Waals surface area contributed by atoms with Crippen LogP contribution in [0, 0.1) is 11.8 Å². The molecule has 0 aromatic heterocycles. The zero-order valence-electron chi connectivity index (χ0n) is 10.7. The molecule has 2 unspecified atom stereocenters. The normalized spacial score (nSPS) is 31.5. The summed E-state index contributed by atoms with van der Waals surface area (Å²) in [4.78, 5) is 14.5. The predicted octanol–water partition coefficient (Wildman–Crippen LogP) is 0.999. The molecule has 2 aliphatic heterocycles. The van der Waals surface area contributed by atoms with E-state index >= 15 is 0 Å². The highest BCUT2D eigenvalue weighted by Crippen LogP contribution is 2.26. The minimum absolute atomic E-state index is 0.172. The maximum Gasteiger partial charge on any atom is 0.226 e. The van der Waals surface area contributed by atoms with Gasteiger partial charge in [-0.3, -0.25) is 4.79 Å². The van der Waals surface area contributed by atoms with Crippen molar-refractivity contribution in [1.29, 1.82) is 0 Å². The number of rotatable bonds is 2. The molecule has 2 aliphatic rings. The summed E-state index contributed by atoms with van der Waals surface area (Å²) in [6, 6.07) is 0.258. The minimum Gasteiger partial charge on any atom is -0.381 e. The average molecular weight is 240 g/mol. The summed E-state index contributed by atoms with van der Waals surface area (Å²) in [5, 5.41) is 0. The van der Waals surface area contributed by atoms with E-state index in [2.05, 4.69) is 6.92 Å². The van der Waals surface area contributed by atoms with Crippen LogP contribution in [-0.4, -0.2) is 43.2 Å². The Bertz CT molecular complexity index is 264. The molecule has 2 fully saturated rings. The number of piperidine rings is 1. The van der Waals surface area contributed by atoms with Gasteiger partial charge >= 0.3 is 0 Å². The molecule has 0 aromatic rings. The van der Waals surface area contributed by atoms with Crippen molar-refractivity contribution in [3.63, 3.8) is 0 Å². The number of hydrogen-bond acceptors (Lipinski definition) is 3. The van der Waals surface area contributed by atoms with E-state index < -0.39 is 0 Å². The van der Waals surface area contributed by atoms with Gasteiger partial charge in [0, 0.05) is 38.3 Å². The highest BCUT2D eigenvalue weighted by Gasteiger charge is 2.33. The third-order valence-corrected chi connectivity index (χ3v) is 4.10. The molecule has 2 atom stereocenters. The Hall–Kier alpha value is -0.610. The topological polar surface area (TPSA) is 55.6 Å². The van der Waals surface area contributed by atoms with Crippen molar-refractivity contribution in [1.82, 2.24) is 4.90 Å². The fourth-order valence-electron chi connectivity index (χ4n) is 2.94. The third kappa shape index (κ3) is 2.99. The Kier molecular flexibility index (Phi) is 4.40. The summed E-state index contributed by atoms with van der Waals surface area (Å²) in [5.74, 6) is 1.18. The molecule has 0 spiro atoms. The highest BCUT2D eigenvalue weighted by atomic mass is 16.5. The lowest BCUT2D eigenvalue weighted by Crippen LogP contribution is -2.51. The average Bonchev–Trinajstić information content (AvgIpc) is 2.39. The molecule has 2 N–H and O–H groups in total.